The van der Waals surface area contributed by atoms with Crippen LogP contribution < -0.4 is 0 Å². The number of pyridine rings is 1. The molecule has 0 aliphatic rings. The molecule has 0 radical (unpaired) electrons. The largest absolute Gasteiger partial charge is 0.478 e. The van der Waals surface area contributed by atoms with Gasteiger partial charge in [0.15, 0.2) is 0 Å². The molecule has 0 spiro atoms. The van der Waals surface area contributed by atoms with Crippen molar-refractivity contribution in [3.8, 4) is 11.3 Å². The number of nitrogens with zero attached hydrogens (tertiary/aromatic N) is 1. The van der Waals surface area contributed by atoms with Gasteiger partial charge in [-0.05, 0) is 24.3 Å². The maximum absolute atomic E-state index is 13.1. The van der Waals surface area contributed by atoms with E-state index in [0.717, 1.165) is 30.3 Å². The molecule has 0 bridgehead atoms. The van der Waals surface area contributed by atoms with Crippen LogP contribution in [-0.2, 0) is 6.18 Å². The van der Waals surface area contributed by atoms with Crippen LogP contribution in [0.2, 0.25) is 0 Å². The molecule has 0 aliphatic heterocycles. The number of benzene rings is 1. The van der Waals surface area contributed by atoms with E-state index in [4.69, 9.17) is 5.11 Å². The van der Waals surface area contributed by atoms with E-state index < -0.39 is 23.7 Å². The average Bonchev–Trinajstić information content (AvgIpc) is 2.37. The number of carboxylic acids is 1. The molecule has 0 atom stereocenters. The predicted octanol–water partition coefficient (Wildman–Crippen LogP) is 3.60. The summed E-state index contributed by atoms with van der Waals surface area (Å²) in [5.41, 5.74) is -1.79. The summed E-state index contributed by atoms with van der Waals surface area (Å²) in [5.74, 6) is -2.37. The van der Waals surface area contributed by atoms with Gasteiger partial charge in [-0.3, -0.25) is 0 Å². The van der Waals surface area contributed by atoms with Gasteiger partial charge in [0.1, 0.15) is 0 Å². The zero-order valence-corrected chi connectivity index (χ0v) is 9.78. The standard InChI is InChI=1S/C13H7F4NO2/c14-10-5-4-9(12(19)20)11(18-10)7-2-1-3-8(6-7)13(15,16)17/h1-6H,(H,19,20). The number of halogens is 4. The minimum Gasteiger partial charge on any atom is -0.478 e. The van der Waals surface area contributed by atoms with Crippen molar-refractivity contribution >= 4 is 5.97 Å². The molecule has 0 saturated heterocycles. The lowest BCUT2D eigenvalue weighted by Crippen LogP contribution is -2.06. The third-order valence-electron chi connectivity index (χ3n) is 2.56. The zero-order valence-electron chi connectivity index (χ0n) is 9.78. The lowest BCUT2D eigenvalue weighted by atomic mass is 10.0. The third-order valence-corrected chi connectivity index (χ3v) is 2.56. The SMILES string of the molecule is O=C(O)c1ccc(F)nc1-c1cccc(C(F)(F)F)c1. The van der Waals surface area contributed by atoms with Gasteiger partial charge in [-0.1, -0.05) is 12.1 Å². The van der Waals surface area contributed by atoms with Crippen LogP contribution in [0.25, 0.3) is 11.3 Å². The summed E-state index contributed by atoms with van der Waals surface area (Å²) >= 11 is 0. The fourth-order valence-electron chi connectivity index (χ4n) is 1.67. The van der Waals surface area contributed by atoms with Gasteiger partial charge in [0.25, 0.3) is 0 Å². The number of alkyl halides is 3. The fraction of sp³-hybridized carbons (Fsp3) is 0.0769. The monoisotopic (exact) mass is 285 g/mol. The Morgan fingerprint density at radius 3 is 2.45 bits per heavy atom. The molecule has 7 heteroatoms. The maximum atomic E-state index is 13.1. The van der Waals surface area contributed by atoms with Gasteiger partial charge in [-0.15, -0.1) is 0 Å². The highest BCUT2D eigenvalue weighted by Crippen LogP contribution is 2.32. The van der Waals surface area contributed by atoms with Crippen molar-refractivity contribution in [3.63, 3.8) is 0 Å². The Morgan fingerprint density at radius 1 is 1.15 bits per heavy atom. The Balaban J connectivity index is 2.62. The average molecular weight is 285 g/mol. The summed E-state index contributed by atoms with van der Waals surface area (Å²) in [6, 6.07) is 5.71. The molecule has 1 aromatic carbocycles. The predicted molar refractivity (Wildman–Crippen MR) is 61.6 cm³/mol. The van der Waals surface area contributed by atoms with Gasteiger partial charge < -0.3 is 5.11 Å². The summed E-state index contributed by atoms with van der Waals surface area (Å²) in [5, 5.41) is 8.96. The highest BCUT2D eigenvalue weighted by molar-refractivity contribution is 5.94. The normalized spacial score (nSPS) is 11.4. The first-order chi connectivity index (χ1) is 9.29. The van der Waals surface area contributed by atoms with E-state index in [1.165, 1.54) is 6.07 Å². The van der Waals surface area contributed by atoms with Crippen molar-refractivity contribution in [2.45, 2.75) is 6.18 Å². The quantitative estimate of drug-likeness (QED) is 0.677. The third kappa shape index (κ3) is 2.76. The van der Waals surface area contributed by atoms with Crippen molar-refractivity contribution < 1.29 is 27.5 Å². The Morgan fingerprint density at radius 2 is 1.85 bits per heavy atom. The van der Waals surface area contributed by atoms with Crippen LogP contribution in [0.4, 0.5) is 17.6 Å². The minimum absolute atomic E-state index is 0.114. The Hall–Kier alpha value is -2.44. The first-order valence-electron chi connectivity index (χ1n) is 5.36. The van der Waals surface area contributed by atoms with Crippen molar-refractivity contribution in [1.29, 1.82) is 0 Å². The highest BCUT2D eigenvalue weighted by Gasteiger charge is 2.30. The van der Waals surface area contributed by atoms with Crippen LogP contribution in [0.3, 0.4) is 0 Å². The van der Waals surface area contributed by atoms with E-state index in [0.29, 0.717) is 0 Å². The van der Waals surface area contributed by atoms with Crippen LogP contribution in [0.1, 0.15) is 15.9 Å². The molecule has 0 amide bonds. The Kier molecular flexibility index (Phi) is 3.44. The number of hydrogen-bond acceptors (Lipinski definition) is 2. The molecule has 1 aromatic heterocycles. The second-order valence-corrected chi connectivity index (χ2v) is 3.91. The first kappa shape index (κ1) is 14.0. The number of aromatic nitrogens is 1. The summed E-state index contributed by atoms with van der Waals surface area (Å²) in [4.78, 5) is 14.4. The number of carbonyl (C=O) groups is 1. The van der Waals surface area contributed by atoms with Gasteiger partial charge in [0, 0.05) is 5.56 Å². The van der Waals surface area contributed by atoms with Crippen LogP contribution >= 0.6 is 0 Å². The summed E-state index contributed by atoms with van der Waals surface area (Å²) < 4.78 is 50.9. The molecule has 2 aromatic rings. The van der Waals surface area contributed by atoms with Crippen LogP contribution in [0, 0.1) is 5.95 Å². The summed E-state index contributed by atoms with van der Waals surface area (Å²) in [7, 11) is 0. The van der Waals surface area contributed by atoms with Crippen LogP contribution in [0.5, 0.6) is 0 Å². The molecule has 0 unspecified atom stereocenters. The van der Waals surface area contributed by atoms with Gasteiger partial charge in [-0.25, -0.2) is 9.78 Å². The van der Waals surface area contributed by atoms with Crippen LogP contribution in [0.15, 0.2) is 36.4 Å². The van der Waals surface area contributed by atoms with E-state index in [-0.39, 0.29) is 16.8 Å². The molecule has 0 aliphatic carbocycles. The molecule has 1 heterocycles. The molecular weight excluding hydrogens is 278 g/mol. The van der Waals surface area contributed by atoms with E-state index in [1.807, 2.05) is 0 Å². The van der Waals surface area contributed by atoms with Crippen molar-refractivity contribution in [1.82, 2.24) is 4.98 Å². The minimum atomic E-state index is -4.58. The van der Waals surface area contributed by atoms with E-state index >= 15 is 0 Å². The summed E-state index contributed by atoms with van der Waals surface area (Å²) in [6.07, 6.45) is -4.58. The summed E-state index contributed by atoms with van der Waals surface area (Å²) in [6.45, 7) is 0. The smallest absolute Gasteiger partial charge is 0.416 e. The van der Waals surface area contributed by atoms with Crippen molar-refractivity contribution in [3.05, 3.63) is 53.5 Å². The van der Waals surface area contributed by atoms with Gasteiger partial charge in [0.2, 0.25) is 5.95 Å². The first-order valence-corrected chi connectivity index (χ1v) is 5.36. The van der Waals surface area contributed by atoms with Crippen LogP contribution in [-0.4, -0.2) is 16.1 Å². The zero-order chi connectivity index (χ0) is 14.9. The maximum Gasteiger partial charge on any atom is 0.416 e. The lowest BCUT2D eigenvalue weighted by molar-refractivity contribution is -0.137. The van der Waals surface area contributed by atoms with E-state index in [2.05, 4.69) is 4.98 Å². The molecular formula is C13H7F4NO2. The molecule has 20 heavy (non-hydrogen) atoms. The molecule has 3 nitrogen and oxygen atoms in total. The molecule has 0 fully saturated rings. The Labute approximate surface area is 110 Å². The second kappa shape index (κ2) is 4.92. The fourth-order valence-corrected chi connectivity index (χ4v) is 1.67. The van der Waals surface area contributed by atoms with Gasteiger partial charge >= 0.3 is 12.1 Å². The number of carboxylic acid groups (broad SMARTS) is 1. The van der Waals surface area contributed by atoms with E-state index in [1.54, 1.807) is 0 Å². The number of hydrogen-bond donors (Lipinski definition) is 1. The van der Waals surface area contributed by atoms with Gasteiger partial charge in [-0.2, -0.15) is 17.6 Å². The second-order valence-electron chi connectivity index (χ2n) is 3.91. The topological polar surface area (TPSA) is 50.2 Å². The lowest BCUT2D eigenvalue weighted by Gasteiger charge is -2.10. The molecule has 1 N–H and O–H groups in total. The molecule has 0 saturated carbocycles. The van der Waals surface area contributed by atoms with Crippen molar-refractivity contribution in [2.24, 2.45) is 0 Å². The van der Waals surface area contributed by atoms with Crippen molar-refractivity contribution in [2.75, 3.05) is 0 Å². The van der Waals surface area contributed by atoms with E-state index in [9.17, 15) is 22.4 Å². The molecule has 104 valence electrons. The Bertz CT molecular complexity index is 668. The van der Waals surface area contributed by atoms with Gasteiger partial charge in [0.05, 0.1) is 16.8 Å². The highest BCUT2D eigenvalue weighted by atomic mass is 19.4. The number of aromatic carboxylic acids is 1. The number of rotatable bonds is 2. The molecule has 2 rings (SSSR count).